The van der Waals surface area contributed by atoms with E-state index in [0.717, 1.165) is 42.6 Å². The van der Waals surface area contributed by atoms with Crippen LogP contribution in [0.4, 0.5) is 0 Å². The van der Waals surface area contributed by atoms with Crippen LogP contribution in [0, 0.1) is 0 Å². The zero-order valence-electron chi connectivity index (χ0n) is 11.7. The fraction of sp³-hybridized carbons (Fsp3) is 0.375. The molecule has 1 aliphatic heterocycles. The van der Waals surface area contributed by atoms with Crippen molar-refractivity contribution in [2.45, 2.75) is 19.3 Å². The van der Waals surface area contributed by atoms with Gasteiger partial charge in [-0.2, -0.15) is 5.10 Å². The Labute approximate surface area is 119 Å². The highest BCUT2D eigenvalue weighted by Gasteiger charge is 2.18. The number of benzene rings is 1. The van der Waals surface area contributed by atoms with Crippen LogP contribution in [0.15, 0.2) is 36.7 Å². The summed E-state index contributed by atoms with van der Waals surface area (Å²) in [5.74, 6) is 0.149. The quantitative estimate of drug-likeness (QED) is 0.840. The molecule has 1 amide bonds. The highest BCUT2D eigenvalue weighted by atomic mass is 16.2. The van der Waals surface area contributed by atoms with Gasteiger partial charge in [-0.15, -0.1) is 0 Å². The zero-order chi connectivity index (χ0) is 13.9. The van der Waals surface area contributed by atoms with E-state index < -0.39 is 0 Å². The van der Waals surface area contributed by atoms with E-state index >= 15 is 0 Å². The summed E-state index contributed by atoms with van der Waals surface area (Å²) in [5.41, 5.74) is 2.86. The average Bonchev–Trinajstić information content (AvgIpc) is 2.94. The Morgan fingerprint density at radius 1 is 1.15 bits per heavy atom. The number of rotatable bonds is 2. The van der Waals surface area contributed by atoms with Crippen molar-refractivity contribution in [3.63, 3.8) is 0 Å². The molecule has 0 saturated carbocycles. The molecule has 1 saturated heterocycles. The lowest BCUT2D eigenvalue weighted by Crippen LogP contribution is -2.35. The number of aromatic nitrogens is 2. The predicted molar refractivity (Wildman–Crippen MR) is 78.4 cm³/mol. The normalized spacial score (nSPS) is 15.3. The van der Waals surface area contributed by atoms with Crippen LogP contribution in [-0.2, 0) is 7.05 Å². The molecule has 0 unspecified atom stereocenters. The molecule has 0 aliphatic carbocycles. The van der Waals surface area contributed by atoms with Crippen LogP contribution < -0.4 is 0 Å². The van der Waals surface area contributed by atoms with Crippen molar-refractivity contribution in [3.05, 3.63) is 42.2 Å². The number of piperidine rings is 1. The molecule has 1 aromatic carbocycles. The Morgan fingerprint density at radius 3 is 2.65 bits per heavy atom. The van der Waals surface area contributed by atoms with Gasteiger partial charge in [0.1, 0.15) is 0 Å². The summed E-state index contributed by atoms with van der Waals surface area (Å²) in [6.45, 7) is 1.77. The summed E-state index contributed by atoms with van der Waals surface area (Å²) < 4.78 is 1.77. The van der Waals surface area contributed by atoms with Gasteiger partial charge in [-0.3, -0.25) is 9.48 Å². The minimum absolute atomic E-state index is 0.149. The Morgan fingerprint density at radius 2 is 1.95 bits per heavy atom. The number of aryl methyl sites for hydroxylation is 1. The summed E-state index contributed by atoms with van der Waals surface area (Å²) in [7, 11) is 1.90. The number of hydrogen-bond donors (Lipinski definition) is 0. The second-order valence-corrected chi connectivity index (χ2v) is 5.34. The minimum Gasteiger partial charge on any atom is -0.339 e. The van der Waals surface area contributed by atoms with E-state index in [2.05, 4.69) is 5.10 Å². The van der Waals surface area contributed by atoms with Crippen LogP contribution in [0.3, 0.4) is 0 Å². The molecular weight excluding hydrogens is 250 g/mol. The van der Waals surface area contributed by atoms with Gasteiger partial charge >= 0.3 is 0 Å². The highest BCUT2D eigenvalue weighted by molar-refractivity contribution is 5.95. The molecular formula is C16H19N3O. The van der Waals surface area contributed by atoms with E-state index in [9.17, 15) is 4.79 Å². The van der Waals surface area contributed by atoms with E-state index in [1.54, 1.807) is 4.68 Å². The Bertz CT molecular complexity index is 612. The molecule has 4 heteroatoms. The van der Waals surface area contributed by atoms with Crippen LogP contribution in [0.5, 0.6) is 0 Å². The first kappa shape index (κ1) is 12.9. The van der Waals surface area contributed by atoms with Gasteiger partial charge in [-0.05, 0) is 37.0 Å². The first-order chi connectivity index (χ1) is 9.74. The SMILES string of the molecule is Cn1cc(-c2cccc(C(=O)N3CCCCC3)c2)cn1. The number of hydrogen-bond acceptors (Lipinski definition) is 2. The fourth-order valence-electron chi connectivity index (χ4n) is 2.68. The summed E-state index contributed by atoms with van der Waals surface area (Å²) >= 11 is 0. The van der Waals surface area contributed by atoms with Gasteiger partial charge in [-0.25, -0.2) is 0 Å². The molecule has 2 heterocycles. The van der Waals surface area contributed by atoms with Gasteiger partial charge in [0.2, 0.25) is 0 Å². The second-order valence-electron chi connectivity index (χ2n) is 5.34. The molecule has 104 valence electrons. The van der Waals surface area contributed by atoms with Crippen LogP contribution >= 0.6 is 0 Å². The molecule has 3 rings (SSSR count). The van der Waals surface area contributed by atoms with E-state index in [1.807, 2.05) is 48.6 Å². The Hall–Kier alpha value is -2.10. The molecule has 2 aromatic rings. The first-order valence-electron chi connectivity index (χ1n) is 7.12. The third kappa shape index (κ3) is 2.59. The van der Waals surface area contributed by atoms with Gasteiger partial charge in [-0.1, -0.05) is 12.1 Å². The molecule has 0 N–H and O–H groups in total. The molecule has 0 bridgehead atoms. The van der Waals surface area contributed by atoms with Crippen molar-refractivity contribution in [2.24, 2.45) is 7.05 Å². The van der Waals surface area contributed by atoms with E-state index in [1.165, 1.54) is 6.42 Å². The Kier molecular flexibility index (Phi) is 3.54. The average molecular weight is 269 g/mol. The molecule has 20 heavy (non-hydrogen) atoms. The molecule has 4 nitrogen and oxygen atoms in total. The summed E-state index contributed by atoms with van der Waals surface area (Å²) in [6, 6.07) is 7.83. The lowest BCUT2D eigenvalue weighted by molar-refractivity contribution is 0.0724. The van der Waals surface area contributed by atoms with E-state index in [4.69, 9.17) is 0 Å². The van der Waals surface area contributed by atoms with Gasteiger partial charge in [0.15, 0.2) is 0 Å². The van der Waals surface area contributed by atoms with Crippen LogP contribution in [-0.4, -0.2) is 33.7 Å². The molecule has 1 fully saturated rings. The molecule has 0 spiro atoms. The van der Waals surface area contributed by atoms with Crippen molar-refractivity contribution < 1.29 is 4.79 Å². The molecule has 0 radical (unpaired) electrons. The highest BCUT2D eigenvalue weighted by Crippen LogP contribution is 2.21. The zero-order valence-corrected chi connectivity index (χ0v) is 11.7. The van der Waals surface area contributed by atoms with Gasteiger partial charge in [0.05, 0.1) is 6.20 Å². The van der Waals surface area contributed by atoms with Crippen molar-refractivity contribution >= 4 is 5.91 Å². The van der Waals surface area contributed by atoms with Crippen LogP contribution in [0.25, 0.3) is 11.1 Å². The maximum absolute atomic E-state index is 12.5. The lowest BCUT2D eigenvalue weighted by atomic mass is 10.0. The standard InChI is InChI=1S/C16H19N3O/c1-18-12-15(11-17-18)13-6-5-7-14(10-13)16(20)19-8-3-2-4-9-19/h5-7,10-12H,2-4,8-9H2,1H3. The second kappa shape index (κ2) is 5.49. The largest absolute Gasteiger partial charge is 0.339 e. The van der Waals surface area contributed by atoms with Gasteiger partial charge in [0, 0.05) is 37.5 Å². The molecule has 0 atom stereocenters. The molecule has 1 aliphatic rings. The van der Waals surface area contributed by atoms with Crippen LogP contribution in [0.1, 0.15) is 29.6 Å². The van der Waals surface area contributed by atoms with Crippen molar-refractivity contribution in [1.29, 1.82) is 0 Å². The lowest BCUT2D eigenvalue weighted by Gasteiger charge is -2.26. The number of likely N-dealkylation sites (tertiary alicyclic amines) is 1. The van der Waals surface area contributed by atoms with Crippen molar-refractivity contribution in [2.75, 3.05) is 13.1 Å². The van der Waals surface area contributed by atoms with Crippen molar-refractivity contribution in [1.82, 2.24) is 14.7 Å². The third-order valence-corrected chi connectivity index (χ3v) is 3.79. The predicted octanol–water partition coefficient (Wildman–Crippen LogP) is 2.71. The van der Waals surface area contributed by atoms with E-state index in [-0.39, 0.29) is 5.91 Å². The summed E-state index contributed by atoms with van der Waals surface area (Å²) in [5, 5.41) is 4.18. The monoisotopic (exact) mass is 269 g/mol. The number of nitrogens with zero attached hydrogens (tertiary/aromatic N) is 3. The van der Waals surface area contributed by atoms with Gasteiger partial charge in [0.25, 0.3) is 5.91 Å². The maximum Gasteiger partial charge on any atom is 0.253 e. The molecule has 1 aromatic heterocycles. The van der Waals surface area contributed by atoms with Gasteiger partial charge < -0.3 is 4.90 Å². The number of amides is 1. The van der Waals surface area contributed by atoms with E-state index in [0.29, 0.717) is 0 Å². The third-order valence-electron chi connectivity index (χ3n) is 3.79. The number of carbonyl (C=O) groups excluding carboxylic acids is 1. The minimum atomic E-state index is 0.149. The maximum atomic E-state index is 12.5. The van der Waals surface area contributed by atoms with Crippen LogP contribution in [0.2, 0.25) is 0 Å². The first-order valence-corrected chi connectivity index (χ1v) is 7.12. The summed E-state index contributed by atoms with van der Waals surface area (Å²) in [6.07, 6.45) is 7.26. The Balaban J connectivity index is 1.85. The topological polar surface area (TPSA) is 38.1 Å². The van der Waals surface area contributed by atoms with Crippen molar-refractivity contribution in [3.8, 4) is 11.1 Å². The smallest absolute Gasteiger partial charge is 0.253 e. The summed E-state index contributed by atoms with van der Waals surface area (Å²) in [4.78, 5) is 14.5. The number of carbonyl (C=O) groups is 1. The fourth-order valence-corrected chi connectivity index (χ4v) is 2.68.